The maximum Gasteiger partial charge on any atom is 1.00 e. The van der Waals surface area contributed by atoms with Crippen LogP contribution in [0.2, 0.25) is 0 Å². The first-order chi connectivity index (χ1) is 9.29. The Bertz CT molecular complexity index is 526. The summed E-state index contributed by atoms with van der Waals surface area (Å²) in [7, 11) is -4.66. The van der Waals surface area contributed by atoms with Crippen molar-refractivity contribution < 1.29 is 78.2 Å². The predicted octanol–water partition coefficient (Wildman–Crippen LogP) is -3.42. The molecule has 1 aliphatic rings. The third kappa shape index (κ3) is 6.58. The molecule has 2 rings (SSSR count). The topological polar surface area (TPSA) is 72.4 Å². The quantitative estimate of drug-likeness (QED) is 0.399. The van der Waals surface area contributed by atoms with Gasteiger partial charge in [-0.05, 0) is 49.3 Å². The van der Waals surface area contributed by atoms with Gasteiger partial charge in [0.25, 0.3) is 0 Å². The molecule has 0 saturated heterocycles. The monoisotopic (exact) mass is 342 g/mol. The molecule has 7 heteroatoms. The van der Waals surface area contributed by atoms with Gasteiger partial charge in [0.2, 0.25) is 0 Å². The summed E-state index contributed by atoms with van der Waals surface area (Å²) in [5, 5.41) is 0. The number of benzene rings is 1. The fourth-order valence-corrected chi connectivity index (χ4v) is 2.83. The molecule has 4 nitrogen and oxygen atoms in total. The zero-order valence-electron chi connectivity index (χ0n) is 14.2. The van der Waals surface area contributed by atoms with Crippen LogP contribution < -0.4 is 73.6 Å². The molecular weight excluding hydrogens is 321 g/mol. The molecule has 112 valence electrons. The van der Waals surface area contributed by atoms with Crippen molar-refractivity contribution in [3.05, 3.63) is 29.3 Å². The largest absolute Gasteiger partial charge is 1.00 e. The van der Waals surface area contributed by atoms with Gasteiger partial charge < -0.3 is 19.1 Å². The Kier molecular flexibility index (Phi) is 10.1. The van der Waals surface area contributed by atoms with Gasteiger partial charge >= 0.3 is 59.1 Å². The second-order valence-corrected chi connectivity index (χ2v) is 7.41. The number of hydrogen-bond donors (Lipinski definition) is 0. The summed E-state index contributed by atoms with van der Waals surface area (Å²) in [5.74, 6) is 1.79. The Balaban J connectivity index is 0.00000220. The molecule has 0 spiro atoms. The fourth-order valence-electron chi connectivity index (χ4n) is 2.55. The molecule has 0 aromatic heterocycles. The molecular formula is C15H21Na2O4P. The van der Waals surface area contributed by atoms with Gasteiger partial charge in [0.1, 0.15) is 12.1 Å². The summed E-state index contributed by atoms with van der Waals surface area (Å²) in [6, 6.07) is 5.89. The fraction of sp³-hybridized carbons (Fsp3) is 0.600. The van der Waals surface area contributed by atoms with Gasteiger partial charge in [-0.15, -0.1) is 0 Å². The standard InChI is InChI=1S/C15H23O4P.2Na/c1-10(2)13-5-4-6-14(11(3)12-7-8-12)15(13)19-9-20(16,17)18;;/h4-6,10-12H,7-9H2,1-3H3,(H2,16,17,18);;/q;2*+1/p-2/t11-;;/m1../s1. The molecule has 1 aromatic rings. The van der Waals surface area contributed by atoms with Crippen molar-refractivity contribution in [3.63, 3.8) is 0 Å². The van der Waals surface area contributed by atoms with E-state index in [0.29, 0.717) is 17.6 Å². The zero-order chi connectivity index (χ0) is 14.9. The van der Waals surface area contributed by atoms with Crippen molar-refractivity contribution in [3.8, 4) is 5.75 Å². The van der Waals surface area contributed by atoms with Crippen LogP contribution in [0.25, 0.3) is 0 Å². The third-order valence-electron chi connectivity index (χ3n) is 3.88. The SMILES string of the molecule is CC(C)c1cccc([C@H](C)C2CC2)c1OCP(=O)([O-])[O-].[Na+].[Na+]. The molecule has 0 unspecified atom stereocenters. The Morgan fingerprint density at radius 1 is 1.18 bits per heavy atom. The molecule has 0 aliphatic heterocycles. The molecule has 1 fully saturated rings. The maximum absolute atomic E-state index is 10.9. The molecule has 1 aromatic carbocycles. The molecule has 22 heavy (non-hydrogen) atoms. The number of para-hydroxylation sites is 1. The number of ether oxygens (including phenoxy) is 1. The van der Waals surface area contributed by atoms with Gasteiger partial charge in [0.05, 0.1) is 0 Å². The number of rotatable bonds is 6. The normalized spacial score (nSPS) is 15.7. The van der Waals surface area contributed by atoms with Crippen LogP contribution in [0.1, 0.15) is 56.6 Å². The van der Waals surface area contributed by atoms with Crippen LogP contribution in [0, 0.1) is 5.92 Å². The summed E-state index contributed by atoms with van der Waals surface area (Å²) in [6.07, 6.45) is 1.63. The molecule has 0 radical (unpaired) electrons. The van der Waals surface area contributed by atoms with Crippen molar-refractivity contribution in [2.75, 3.05) is 6.35 Å². The average molecular weight is 342 g/mol. The van der Waals surface area contributed by atoms with E-state index in [1.54, 1.807) is 0 Å². The van der Waals surface area contributed by atoms with Crippen molar-refractivity contribution >= 4 is 7.60 Å². The van der Waals surface area contributed by atoms with Gasteiger partial charge in [0, 0.05) is 0 Å². The van der Waals surface area contributed by atoms with Crippen molar-refractivity contribution in [1.29, 1.82) is 0 Å². The van der Waals surface area contributed by atoms with E-state index in [1.165, 1.54) is 12.8 Å². The molecule has 0 bridgehead atoms. The second kappa shape index (κ2) is 9.60. The summed E-state index contributed by atoms with van der Waals surface area (Å²) in [6.45, 7) is 6.20. The zero-order valence-corrected chi connectivity index (χ0v) is 19.1. The molecule has 0 amide bonds. The van der Waals surface area contributed by atoms with Gasteiger partial charge in [-0.3, -0.25) is 0 Å². The van der Waals surface area contributed by atoms with E-state index in [0.717, 1.165) is 11.1 Å². The smallest absolute Gasteiger partial charge is 0.808 e. The van der Waals surface area contributed by atoms with Crippen LogP contribution in [0.3, 0.4) is 0 Å². The molecule has 0 heterocycles. The van der Waals surface area contributed by atoms with E-state index in [9.17, 15) is 14.4 Å². The van der Waals surface area contributed by atoms with Gasteiger partial charge in [-0.2, -0.15) is 0 Å². The van der Waals surface area contributed by atoms with E-state index < -0.39 is 13.9 Å². The molecule has 1 saturated carbocycles. The van der Waals surface area contributed by atoms with Crippen LogP contribution >= 0.6 is 7.60 Å². The van der Waals surface area contributed by atoms with E-state index in [1.807, 2.05) is 32.0 Å². The van der Waals surface area contributed by atoms with Crippen LogP contribution in [0.4, 0.5) is 0 Å². The van der Waals surface area contributed by atoms with E-state index >= 15 is 0 Å². The Hall–Kier alpha value is 1.17. The van der Waals surface area contributed by atoms with E-state index in [2.05, 4.69) is 6.92 Å². The van der Waals surface area contributed by atoms with E-state index in [-0.39, 0.29) is 65.0 Å². The first kappa shape index (κ1) is 23.2. The van der Waals surface area contributed by atoms with Gasteiger partial charge in [-0.25, -0.2) is 0 Å². The van der Waals surface area contributed by atoms with Crippen LogP contribution in [0.5, 0.6) is 5.75 Å². The number of hydrogen-bond acceptors (Lipinski definition) is 4. The first-order valence-electron chi connectivity index (χ1n) is 7.06. The summed E-state index contributed by atoms with van der Waals surface area (Å²) >= 11 is 0. The van der Waals surface area contributed by atoms with E-state index in [4.69, 9.17) is 4.74 Å². The summed E-state index contributed by atoms with van der Waals surface area (Å²) in [4.78, 5) is 21.7. The minimum absolute atomic E-state index is 0. The third-order valence-corrected chi connectivity index (χ3v) is 4.33. The second-order valence-electron chi connectivity index (χ2n) is 5.93. The Labute approximate surface area is 177 Å². The molecule has 0 N–H and O–H groups in total. The molecule has 1 atom stereocenters. The Morgan fingerprint density at radius 3 is 2.18 bits per heavy atom. The minimum atomic E-state index is -4.66. The van der Waals surface area contributed by atoms with Crippen LogP contribution in [0.15, 0.2) is 18.2 Å². The Morgan fingerprint density at radius 2 is 1.73 bits per heavy atom. The van der Waals surface area contributed by atoms with Crippen molar-refractivity contribution in [1.82, 2.24) is 0 Å². The first-order valence-corrected chi connectivity index (χ1v) is 8.79. The van der Waals surface area contributed by atoms with Crippen molar-refractivity contribution in [2.24, 2.45) is 5.92 Å². The molecule has 1 aliphatic carbocycles. The predicted molar refractivity (Wildman–Crippen MR) is 74.8 cm³/mol. The van der Waals surface area contributed by atoms with Crippen LogP contribution in [-0.4, -0.2) is 6.35 Å². The maximum atomic E-state index is 10.9. The van der Waals surface area contributed by atoms with Crippen molar-refractivity contribution in [2.45, 2.75) is 45.4 Å². The van der Waals surface area contributed by atoms with Gasteiger partial charge in [-0.1, -0.05) is 39.0 Å². The average Bonchev–Trinajstić information content (AvgIpc) is 3.18. The summed E-state index contributed by atoms with van der Waals surface area (Å²) in [5.41, 5.74) is 1.98. The summed E-state index contributed by atoms with van der Waals surface area (Å²) < 4.78 is 16.3. The van der Waals surface area contributed by atoms with Gasteiger partial charge in [0.15, 0.2) is 0 Å². The minimum Gasteiger partial charge on any atom is -0.808 e. The van der Waals surface area contributed by atoms with Crippen LogP contribution in [-0.2, 0) is 4.57 Å².